The van der Waals surface area contributed by atoms with Crippen LogP contribution in [0.25, 0.3) is 6.08 Å². The van der Waals surface area contributed by atoms with Crippen molar-refractivity contribution >= 4 is 52.5 Å². The summed E-state index contributed by atoms with van der Waals surface area (Å²) in [5.74, 6) is -0.478. The molecular weight excluding hydrogens is 421 g/mol. The molecule has 0 saturated carbocycles. The quantitative estimate of drug-likeness (QED) is 0.400. The van der Waals surface area contributed by atoms with Crippen molar-refractivity contribution in [3.63, 3.8) is 0 Å². The van der Waals surface area contributed by atoms with Gasteiger partial charge in [0.15, 0.2) is 0 Å². The zero-order chi connectivity index (χ0) is 21.6. The maximum absolute atomic E-state index is 12.2. The second-order valence-electron chi connectivity index (χ2n) is 5.89. The number of ether oxygens (including phenoxy) is 1. The van der Waals surface area contributed by atoms with E-state index in [0.29, 0.717) is 22.0 Å². The van der Waals surface area contributed by atoms with Gasteiger partial charge in [0.2, 0.25) is 11.8 Å². The fraction of sp³-hybridized carbons (Fsp3) is 0.158. The van der Waals surface area contributed by atoms with Crippen molar-refractivity contribution in [3.05, 3.63) is 68.2 Å². The summed E-state index contributed by atoms with van der Waals surface area (Å²) in [5.41, 5.74) is 0.551. The largest absolute Gasteiger partial charge is 0.495 e. The van der Waals surface area contributed by atoms with Crippen LogP contribution in [0.15, 0.2) is 42.5 Å². The van der Waals surface area contributed by atoms with E-state index in [2.05, 4.69) is 5.32 Å². The van der Waals surface area contributed by atoms with Gasteiger partial charge in [-0.2, -0.15) is 0 Å². The molecule has 8 nitrogen and oxygen atoms in total. The molecule has 0 heterocycles. The second kappa shape index (κ2) is 9.90. The first-order valence-corrected chi connectivity index (χ1v) is 8.97. The van der Waals surface area contributed by atoms with Crippen molar-refractivity contribution in [1.29, 1.82) is 0 Å². The van der Waals surface area contributed by atoms with Gasteiger partial charge in [-0.15, -0.1) is 0 Å². The first-order chi connectivity index (χ1) is 13.7. The number of nitro groups is 1. The zero-order valence-corrected chi connectivity index (χ0v) is 17.0. The maximum Gasteiger partial charge on any atom is 0.288 e. The second-order valence-corrected chi connectivity index (χ2v) is 6.73. The number of rotatable bonds is 7. The molecule has 0 saturated heterocycles. The number of carbonyl (C=O) groups is 2. The summed E-state index contributed by atoms with van der Waals surface area (Å²) in [6.45, 7) is -0.223. The molecule has 1 N–H and O–H groups in total. The Balaban J connectivity index is 2.01. The van der Waals surface area contributed by atoms with E-state index in [1.54, 1.807) is 12.1 Å². The minimum Gasteiger partial charge on any atom is -0.495 e. The first kappa shape index (κ1) is 22.2. The minimum absolute atomic E-state index is 0.00343. The molecule has 2 aromatic rings. The number of methoxy groups -OCH3 is 1. The molecule has 0 bridgehead atoms. The van der Waals surface area contributed by atoms with Crippen molar-refractivity contribution in [1.82, 2.24) is 4.90 Å². The fourth-order valence-electron chi connectivity index (χ4n) is 2.33. The van der Waals surface area contributed by atoms with Gasteiger partial charge in [0.25, 0.3) is 5.69 Å². The Hall–Kier alpha value is -3.10. The topological polar surface area (TPSA) is 102 Å². The number of likely N-dealkylation sites (N-methyl/N-ethyl adjacent to an activating group) is 1. The molecule has 2 aromatic carbocycles. The van der Waals surface area contributed by atoms with Crippen LogP contribution < -0.4 is 10.1 Å². The molecule has 0 spiro atoms. The highest BCUT2D eigenvalue weighted by Gasteiger charge is 2.14. The lowest BCUT2D eigenvalue weighted by molar-refractivity contribution is -0.384. The van der Waals surface area contributed by atoms with Crippen molar-refractivity contribution < 1.29 is 19.2 Å². The van der Waals surface area contributed by atoms with E-state index in [1.807, 2.05) is 0 Å². The third kappa shape index (κ3) is 6.20. The number of amides is 2. The van der Waals surface area contributed by atoms with Crippen LogP contribution in [0.4, 0.5) is 11.4 Å². The van der Waals surface area contributed by atoms with E-state index in [1.165, 1.54) is 55.5 Å². The van der Waals surface area contributed by atoms with E-state index in [-0.39, 0.29) is 17.3 Å². The van der Waals surface area contributed by atoms with E-state index < -0.39 is 16.7 Å². The predicted octanol–water partition coefficient (Wildman–Crippen LogP) is 4.02. The van der Waals surface area contributed by atoms with Gasteiger partial charge < -0.3 is 15.0 Å². The molecule has 0 aliphatic carbocycles. The summed E-state index contributed by atoms with van der Waals surface area (Å²) in [6, 6.07) is 8.94. The zero-order valence-electron chi connectivity index (χ0n) is 15.5. The smallest absolute Gasteiger partial charge is 0.288 e. The molecule has 29 heavy (non-hydrogen) atoms. The summed E-state index contributed by atoms with van der Waals surface area (Å²) in [7, 11) is 2.91. The monoisotopic (exact) mass is 437 g/mol. The minimum atomic E-state index is -0.609. The average molecular weight is 438 g/mol. The molecule has 0 unspecified atom stereocenters. The number of hydrogen-bond acceptors (Lipinski definition) is 5. The summed E-state index contributed by atoms with van der Waals surface area (Å²) in [4.78, 5) is 35.9. The van der Waals surface area contributed by atoms with Gasteiger partial charge in [0, 0.05) is 24.2 Å². The lowest BCUT2D eigenvalue weighted by Crippen LogP contribution is -2.33. The third-order valence-corrected chi connectivity index (χ3v) is 4.33. The lowest BCUT2D eigenvalue weighted by Gasteiger charge is -2.16. The van der Waals surface area contributed by atoms with Crippen LogP contribution in [0.1, 0.15) is 5.56 Å². The number of nitrogens with zero attached hydrogens (tertiary/aromatic N) is 2. The van der Waals surface area contributed by atoms with Crippen LogP contribution in [0.2, 0.25) is 10.0 Å². The average Bonchev–Trinajstić information content (AvgIpc) is 2.66. The van der Waals surface area contributed by atoms with Crippen LogP contribution in [0.3, 0.4) is 0 Å². The molecule has 0 atom stereocenters. The summed E-state index contributed by atoms with van der Waals surface area (Å²) in [5, 5.41) is 14.0. The third-order valence-electron chi connectivity index (χ3n) is 3.78. The standard InChI is InChI=1S/C19H17Cl2N3O5/c1-23(11-18(25)22-15-10-13(20)5-7-17(15)29-2)19(26)8-4-12-3-6-14(21)16(9-12)24(27)28/h3-10H,11H2,1-2H3,(H,22,25)/b8-4+. The van der Waals surface area contributed by atoms with Crippen LogP contribution in [-0.4, -0.2) is 42.3 Å². The van der Waals surface area contributed by atoms with Crippen molar-refractivity contribution in [3.8, 4) is 5.75 Å². The summed E-state index contributed by atoms with van der Waals surface area (Å²) >= 11 is 11.7. The van der Waals surface area contributed by atoms with Crippen molar-refractivity contribution in [2.45, 2.75) is 0 Å². The molecule has 0 aliphatic rings. The van der Waals surface area contributed by atoms with Gasteiger partial charge in [-0.25, -0.2) is 0 Å². The molecule has 152 valence electrons. The summed E-state index contributed by atoms with van der Waals surface area (Å²) < 4.78 is 5.15. The Morgan fingerprint density at radius 3 is 2.62 bits per heavy atom. The summed E-state index contributed by atoms with van der Waals surface area (Å²) in [6.07, 6.45) is 2.61. The van der Waals surface area contributed by atoms with Gasteiger partial charge >= 0.3 is 0 Å². The van der Waals surface area contributed by atoms with Crippen LogP contribution >= 0.6 is 23.2 Å². The van der Waals surface area contributed by atoms with Crippen molar-refractivity contribution in [2.75, 3.05) is 26.0 Å². The van der Waals surface area contributed by atoms with Crippen LogP contribution in [0, 0.1) is 10.1 Å². The van der Waals surface area contributed by atoms with E-state index in [9.17, 15) is 19.7 Å². The van der Waals surface area contributed by atoms with E-state index >= 15 is 0 Å². The highest BCUT2D eigenvalue weighted by molar-refractivity contribution is 6.32. The van der Waals surface area contributed by atoms with Crippen LogP contribution in [-0.2, 0) is 9.59 Å². The van der Waals surface area contributed by atoms with Gasteiger partial charge in [-0.05, 0) is 35.9 Å². The SMILES string of the molecule is COc1ccc(Cl)cc1NC(=O)CN(C)C(=O)/C=C/c1ccc(Cl)c([N+](=O)[O-])c1. The van der Waals surface area contributed by atoms with Gasteiger partial charge in [-0.1, -0.05) is 29.3 Å². The van der Waals surface area contributed by atoms with Gasteiger partial charge in [0.05, 0.1) is 24.3 Å². The Bertz CT molecular complexity index is 978. The number of anilines is 1. The molecular formula is C19H17Cl2N3O5. The molecule has 10 heteroatoms. The highest BCUT2D eigenvalue weighted by Crippen LogP contribution is 2.28. The Morgan fingerprint density at radius 1 is 1.24 bits per heavy atom. The number of nitro benzene ring substituents is 1. The molecule has 2 rings (SSSR count). The Labute approximate surface area is 176 Å². The number of halogens is 2. The Morgan fingerprint density at radius 2 is 1.97 bits per heavy atom. The molecule has 0 radical (unpaired) electrons. The molecule has 0 aromatic heterocycles. The van der Waals surface area contributed by atoms with E-state index in [0.717, 1.165) is 0 Å². The Kier molecular flexibility index (Phi) is 7.58. The highest BCUT2D eigenvalue weighted by atomic mass is 35.5. The lowest BCUT2D eigenvalue weighted by atomic mass is 10.2. The fourth-order valence-corrected chi connectivity index (χ4v) is 2.69. The molecule has 0 fully saturated rings. The van der Waals surface area contributed by atoms with E-state index in [4.69, 9.17) is 27.9 Å². The first-order valence-electron chi connectivity index (χ1n) is 8.21. The van der Waals surface area contributed by atoms with Gasteiger partial charge in [-0.3, -0.25) is 19.7 Å². The number of hydrogen-bond donors (Lipinski definition) is 1. The van der Waals surface area contributed by atoms with Crippen molar-refractivity contribution in [2.24, 2.45) is 0 Å². The molecule has 2 amide bonds. The normalized spacial score (nSPS) is 10.6. The number of benzene rings is 2. The molecule has 0 aliphatic heterocycles. The maximum atomic E-state index is 12.2. The van der Waals surface area contributed by atoms with Gasteiger partial charge in [0.1, 0.15) is 10.8 Å². The number of nitrogens with one attached hydrogen (secondary N) is 1. The van der Waals surface area contributed by atoms with Crippen LogP contribution in [0.5, 0.6) is 5.75 Å². The number of carbonyl (C=O) groups excluding carboxylic acids is 2. The predicted molar refractivity (Wildman–Crippen MR) is 111 cm³/mol.